The molecule has 7 aromatic rings. The van der Waals surface area contributed by atoms with Gasteiger partial charge in [-0.2, -0.15) is 0 Å². The molecule has 1 aliphatic rings. The van der Waals surface area contributed by atoms with Gasteiger partial charge >= 0.3 is 0 Å². The first-order valence-corrected chi connectivity index (χ1v) is 17.2. The first-order chi connectivity index (χ1) is 32.1. The van der Waals surface area contributed by atoms with E-state index in [1.807, 2.05) is 20.8 Å². The van der Waals surface area contributed by atoms with Crippen LogP contribution in [0.4, 0.5) is 0 Å². The minimum atomic E-state index is -2.70. The summed E-state index contributed by atoms with van der Waals surface area (Å²) in [5, 5.41) is 0.671. The fraction of sp³-hybridized carbons (Fsp3) is 0.306. The van der Waals surface area contributed by atoms with Gasteiger partial charge in [0.2, 0.25) is 0 Å². The number of aromatic nitrogens is 2. The number of pyridine rings is 2. The Hall–Kier alpha value is -4.37. The van der Waals surface area contributed by atoms with Crippen LogP contribution < -0.4 is 0 Å². The Balaban J connectivity index is 0.000000290. The zero-order valence-corrected chi connectivity index (χ0v) is 32.0. The van der Waals surface area contributed by atoms with E-state index in [4.69, 9.17) is 29.1 Å². The molecule has 0 atom stereocenters. The summed E-state index contributed by atoms with van der Waals surface area (Å²) in [6, 6.07) is 25.9. The number of nitrogens with zero attached hydrogens (tertiary/aromatic N) is 2. The van der Waals surface area contributed by atoms with Crippen LogP contribution in [-0.2, 0) is 26.5 Å². The maximum absolute atomic E-state index is 8.94. The molecule has 1 saturated carbocycles. The van der Waals surface area contributed by atoms with Crippen molar-refractivity contribution in [2.24, 2.45) is 5.41 Å². The summed E-state index contributed by atoms with van der Waals surface area (Å²) in [5.41, 5.74) is 2.23. The van der Waals surface area contributed by atoms with Crippen molar-refractivity contribution in [1.29, 1.82) is 0 Å². The van der Waals surface area contributed by atoms with Crippen molar-refractivity contribution in [1.82, 2.24) is 9.97 Å². The third kappa shape index (κ3) is 8.56. The molecule has 8 rings (SSSR count). The summed E-state index contributed by atoms with van der Waals surface area (Å²) in [6.45, 7) is -7.17. The molecule has 3 nitrogen and oxygen atoms in total. The number of hydrogen-bond donors (Lipinski definition) is 0. The largest absolute Gasteiger partial charge is 0.500 e. The quantitative estimate of drug-likeness (QED) is 0.162. The first-order valence-electron chi connectivity index (χ1n) is 26.2. The van der Waals surface area contributed by atoms with E-state index in [1.165, 1.54) is 30.5 Å². The van der Waals surface area contributed by atoms with Crippen molar-refractivity contribution in [2.75, 3.05) is 0 Å². The number of fused-ring (bicyclic) bond motifs is 3. The summed E-state index contributed by atoms with van der Waals surface area (Å²) in [7, 11) is 0. The number of benzene rings is 4. The van der Waals surface area contributed by atoms with Crippen LogP contribution in [0.3, 0.4) is 0 Å². The Morgan fingerprint density at radius 1 is 0.755 bits per heavy atom. The topological polar surface area (TPSA) is 38.9 Å². The number of furan rings is 1. The van der Waals surface area contributed by atoms with Crippen molar-refractivity contribution in [3.05, 3.63) is 142 Å². The molecular weight excluding hydrogens is 825 g/mol. The van der Waals surface area contributed by atoms with Gasteiger partial charge in [-0.05, 0) is 114 Å². The molecule has 0 unspecified atom stereocenters. The Morgan fingerprint density at radius 2 is 1.57 bits per heavy atom. The van der Waals surface area contributed by atoms with E-state index in [2.05, 4.69) is 22.1 Å². The van der Waals surface area contributed by atoms with E-state index in [9.17, 15) is 0 Å². The van der Waals surface area contributed by atoms with Crippen LogP contribution in [0.15, 0.2) is 95.7 Å². The van der Waals surface area contributed by atoms with Crippen molar-refractivity contribution in [3.63, 3.8) is 0 Å². The SMILES string of the molecule is [2H]C([2H])([2H])c1c[c-]c(-c2ccc(C([2H])([2H])C(C)(C)C)cn2)cc1.[2H]C([2H])([2H])c1cc(C([2H])([2H])[2H])c2oc3c(-c4cc(-c5ccc(C6([2H])CCCC6)cc5C([2H])([2H])[2H])c(C([2H])([2H])[2H])cn4)[c-]ccc3c2c1.[Ir]. The first kappa shape index (κ1) is 21.5. The second-order valence-corrected chi connectivity index (χ2v) is 14.1. The van der Waals surface area contributed by atoms with E-state index < -0.39 is 51.9 Å². The predicted octanol–water partition coefficient (Wildman–Crippen LogP) is 13.4. The molecule has 1 fully saturated rings. The van der Waals surface area contributed by atoms with Crippen LogP contribution in [0.25, 0.3) is 55.6 Å². The third-order valence-electron chi connectivity index (χ3n) is 8.99. The van der Waals surface area contributed by atoms with Crippen LogP contribution in [-0.4, -0.2) is 9.97 Å². The average molecular weight is 893 g/mol. The number of rotatable bonds is 5. The van der Waals surface area contributed by atoms with Gasteiger partial charge in [-0.15, -0.1) is 53.6 Å². The normalized spacial score (nSPS) is 20.3. The summed E-state index contributed by atoms with van der Waals surface area (Å²) >= 11 is 0. The summed E-state index contributed by atoms with van der Waals surface area (Å²) in [4.78, 5) is 8.72. The Kier molecular flexibility index (Phi) is 6.46. The van der Waals surface area contributed by atoms with Crippen molar-refractivity contribution in [3.8, 4) is 33.6 Å². The summed E-state index contributed by atoms with van der Waals surface area (Å²) in [6.07, 6.45) is 4.12. The zero-order chi connectivity index (χ0) is 51.8. The molecule has 0 N–H and O–H groups in total. The fourth-order valence-electron chi connectivity index (χ4n) is 6.58. The summed E-state index contributed by atoms with van der Waals surface area (Å²) < 4.78 is 151. The number of hydrogen-bond acceptors (Lipinski definition) is 3. The van der Waals surface area contributed by atoms with E-state index in [0.717, 1.165) is 25.1 Å². The monoisotopic (exact) mass is 893 g/mol. The minimum absolute atomic E-state index is 0. The molecule has 4 aromatic carbocycles. The van der Waals surface area contributed by atoms with Gasteiger partial charge in [-0.25, -0.2) is 0 Å². The van der Waals surface area contributed by atoms with Crippen LogP contribution in [0.2, 0.25) is 0 Å². The number of aryl methyl sites for hydroxylation is 5. The van der Waals surface area contributed by atoms with Crippen LogP contribution in [0.1, 0.15) is 116 Å². The van der Waals surface area contributed by atoms with Gasteiger partial charge in [0.05, 0.1) is 5.58 Å². The van der Waals surface area contributed by atoms with Crippen molar-refractivity contribution in [2.45, 2.75) is 93.0 Å². The minimum Gasteiger partial charge on any atom is -0.500 e. The summed E-state index contributed by atoms with van der Waals surface area (Å²) in [5.74, 6) is -0.923. The van der Waals surface area contributed by atoms with Crippen molar-refractivity contribution >= 4 is 21.9 Å². The molecular formula is C49H50IrN2O-2. The van der Waals surface area contributed by atoms with Crippen molar-refractivity contribution < 1.29 is 49.2 Å². The van der Waals surface area contributed by atoms with E-state index in [0.29, 0.717) is 40.6 Å². The van der Waals surface area contributed by atoms with Gasteiger partial charge in [0, 0.05) is 62.6 Å². The van der Waals surface area contributed by atoms with E-state index >= 15 is 0 Å². The average Bonchev–Trinajstić information content (AvgIpc) is 3.88. The van der Waals surface area contributed by atoms with Gasteiger partial charge in [-0.1, -0.05) is 99.4 Å². The molecule has 1 aliphatic carbocycles. The van der Waals surface area contributed by atoms with Gasteiger partial charge in [0.15, 0.2) is 0 Å². The zero-order valence-electron chi connectivity index (χ0n) is 47.6. The molecule has 273 valence electrons. The van der Waals surface area contributed by atoms with Gasteiger partial charge < -0.3 is 14.4 Å². The second-order valence-electron chi connectivity index (χ2n) is 14.1. The molecule has 0 amide bonds. The molecule has 53 heavy (non-hydrogen) atoms. The Morgan fingerprint density at radius 3 is 2.26 bits per heavy atom. The van der Waals surface area contributed by atoms with Gasteiger partial charge in [-0.3, -0.25) is 0 Å². The molecule has 0 bridgehead atoms. The smallest absolute Gasteiger partial charge is 0.123 e. The molecule has 4 heteroatoms. The fourth-order valence-corrected chi connectivity index (χ4v) is 6.58. The molecule has 3 aromatic heterocycles. The third-order valence-corrected chi connectivity index (χ3v) is 8.99. The Labute approximate surface area is 354 Å². The van der Waals surface area contributed by atoms with Crippen LogP contribution in [0, 0.1) is 51.8 Å². The molecule has 1 radical (unpaired) electrons. The van der Waals surface area contributed by atoms with Crippen LogP contribution in [0.5, 0.6) is 0 Å². The molecule has 3 heterocycles. The standard InChI is InChI=1S/C32H30NO.C17H20N.Ir/c1-19-14-21(3)31-29(15-19)26-10-7-11-27(32(26)34-31)30-17-28(22(4)18-33-30)25-13-12-24(16-20(25)2)23-8-5-6-9-23;1-13-5-8-15(9-6-13)16-10-7-14(12-18-16)11-17(2,3)4;/h7,10,12-18,23H,5-6,8-9H2,1-4H3;5-8,10,12H,11H2,1-4H3;/q2*-1;/i1D3,2D3,3D3,4D3,23D;1D3,11D2;. The van der Waals surface area contributed by atoms with E-state index in [1.54, 1.807) is 48.5 Å². The Bertz CT molecular complexity index is 3040. The second kappa shape index (κ2) is 15.9. The molecule has 0 saturated heterocycles. The maximum atomic E-state index is 8.94. The van der Waals surface area contributed by atoms with Gasteiger partial charge in [0.1, 0.15) is 5.58 Å². The molecule has 0 aliphatic heterocycles. The predicted molar refractivity (Wildman–Crippen MR) is 218 cm³/mol. The van der Waals surface area contributed by atoms with Gasteiger partial charge in [0.25, 0.3) is 0 Å². The molecule has 0 spiro atoms. The maximum Gasteiger partial charge on any atom is 0.123 e. The van der Waals surface area contributed by atoms with E-state index in [-0.39, 0.29) is 86.9 Å². The van der Waals surface area contributed by atoms with Crippen LogP contribution >= 0.6 is 0 Å².